The number of nitrogens with zero attached hydrogens (tertiary/aromatic N) is 3. The number of hydrogen-bond acceptors (Lipinski definition) is 4. The number of unbranched alkanes of at least 4 members (excludes halogenated alkanes) is 1. The van der Waals surface area contributed by atoms with Gasteiger partial charge in [-0.25, -0.2) is 4.39 Å². The van der Waals surface area contributed by atoms with E-state index in [2.05, 4.69) is 47.5 Å². The van der Waals surface area contributed by atoms with Crippen molar-refractivity contribution in [3.63, 3.8) is 0 Å². The maximum Gasteiger partial charge on any atom is 0.255 e. The Labute approximate surface area is 263 Å². The minimum Gasteiger partial charge on any atom is -0.351 e. The zero-order valence-electron chi connectivity index (χ0n) is 27.2. The zero-order chi connectivity index (χ0) is 31.9. The second-order valence-corrected chi connectivity index (χ2v) is 11.6. The predicted molar refractivity (Wildman–Crippen MR) is 179 cm³/mol. The van der Waals surface area contributed by atoms with Gasteiger partial charge in [0.1, 0.15) is 5.82 Å². The van der Waals surface area contributed by atoms with Gasteiger partial charge in [-0.15, -0.1) is 0 Å². The molecule has 2 amide bonds. The van der Waals surface area contributed by atoms with Crippen molar-refractivity contribution in [2.24, 2.45) is 0 Å². The van der Waals surface area contributed by atoms with Crippen LogP contribution in [0.4, 0.5) is 10.1 Å². The summed E-state index contributed by atoms with van der Waals surface area (Å²) in [6.07, 6.45) is 18.9. The lowest BCUT2D eigenvalue weighted by molar-refractivity contribution is -0.112. The molecule has 1 aromatic carbocycles. The fourth-order valence-electron chi connectivity index (χ4n) is 5.09. The van der Waals surface area contributed by atoms with Gasteiger partial charge in [0, 0.05) is 42.5 Å². The Kier molecular flexibility index (Phi) is 14.3. The van der Waals surface area contributed by atoms with Crippen LogP contribution in [0, 0.1) is 5.82 Å². The van der Waals surface area contributed by atoms with Crippen molar-refractivity contribution < 1.29 is 14.0 Å². The average molecular weight is 604 g/mol. The lowest BCUT2D eigenvalue weighted by Gasteiger charge is -2.26. The van der Waals surface area contributed by atoms with Gasteiger partial charge in [-0.3, -0.25) is 14.3 Å². The van der Waals surface area contributed by atoms with E-state index in [1.807, 2.05) is 43.1 Å². The Hall–Kier alpha value is -3.78. The Morgan fingerprint density at radius 3 is 2.45 bits per heavy atom. The first-order valence-corrected chi connectivity index (χ1v) is 16.2. The number of rotatable bonds is 15. The molecule has 1 saturated heterocycles. The number of likely N-dealkylation sites (tertiary alicyclic amines) is 1. The molecule has 1 aliphatic heterocycles. The molecule has 238 valence electrons. The van der Waals surface area contributed by atoms with Gasteiger partial charge in [-0.1, -0.05) is 56.9 Å². The van der Waals surface area contributed by atoms with Gasteiger partial charge in [-0.05, 0) is 95.0 Å². The molecule has 1 aromatic heterocycles. The first kappa shape index (κ1) is 34.7. The highest BCUT2D eigenvalue weighted by atomic mass is 19.1. The average Bonchev–Trinajstić information content (AvgIpc) is 3.50. The van der Waals surface area contributed by atoms with E-state index >= 15 is 0 Å². The zero-order valence-corrected chi connectivity index (χ0v) is 27.2. The fraction of sp³-hybridized carbons (Fsp3) is 0.472. The summed E-state index contributed by atoms with van der Waals surface area (Å²) in [5.74, 6) is -1.33. The second kappa shape index (κ2) is 18.1. The van der Waals surface area contributed by atoms with Crippen molar-refractivity contribution in [3.8, 4) is 0 Å². The molecule has 7 nitrogen and oxygen atoms in total. The first-order valence-electron chi connectivity index (χ1n) is 16.2. The number of halogens is 1. The van der Waals surface area contributed by atoms with Gasteiger partial charge in [-0.2, -0.15) is 5.10 Å². The quantitative estimate of drug-likeness (QED) is 0.162. The van der Waals surface area contributed by atoms with E-state index < -0.39 is 11.7 Å². The lowest BCUT2D eigenvalue weighted by Crippen LogP contribution is -2.37. The van der Waals surface area contributed by atoms with E-state index in [4.69, 9.17) is 0 Å². The summed E-state index contributed by atoms with van der Waals surface area (Å²) in [6.45, 7) is 14.5. The topological polar surface area (TPSA) is 79.3 Å². The molecule has 3 rings (SSSR count). The number of allylic oxidation sites excluding steroid dienone is 6. The summed E-state index contributed by atoms with van der Waals surface area (Å²) < 4.78 is 16.8. The number of anilines is 1. The molecule has 1 fully saturated rings. The summed E-state index contributed by atoms with van der Waals surface area (Å²) in [4.78, 5) is 28.8. The van der Waals surface area contributed by atoms with Crippen molar-refractivity contribution >= 4 is 23.1 Å². The van der Waals surface area contributed by atoms with Gasteiger partial charge in [0.25, 0.3) is 11.8 Å². The van der Waals surface area contributed by atoms with E-state index in [-0.39, 0.29) is 11.6 Å². The van der Waals surface area contributed by atoms with Crippen LogP contribution >= 0.6 is 0 Å². The van der Waals surface area contributed by atoms with E-state index in [1.165, 1.54) is 37.5 Å². The molecule has 1 aliphatic rings. The molecular formula is C36H50FN5O2. The summed E-state index contributed by atoms with van der Waals surface area (Å²) >= 11 is 0. The third-order valence-corrected chi connectivity index (χ3v) is 7.72. The Bertz CT molecular complexity index is 1370. The Morgan fingerprint density at radius 2 is 1.80 bits per heavy atom. The summed E-state index contributed by atoms with van der Waals surface area (Å²) in [7, 11) is 0. The molecule has 2 heterocycles. The minimum atomic E-state index is -0.597. The number of aromatic nitrogens is 2. The highest BCUT2D eigenvalue weighted by Gasteiger charge is 2.16. The normalized spacial score (nSPS) is 14.6. The Morgan fingerprint density at radius 1 is 1.02 bits per heavy atom. The molecular weight excluding hydrogens is 553 g/mol. The second-order valence-electron chi connectivity index (χ2n) is 11.6. The summed E-state index contributed by atoms with van der Waals surface area (Å²) in [5.41, 5.74) is 4.83. The molecule has 0 aliphatic carbocycles. The summed E-state index contributed by atoms with van der Waals surface area (Å²) in [6, 6.07) is 4.08. The number of carbonyl (C=O) groups excluding carboxylic acids is 2. The molecule has 2 aromatic rings. The third kappa shape index (κ3) is 10.7. The summed E-state index contributed by atoms with van der Waals surface area (Å²) in [5, 5.41) is 10.1. The number of carbonyl (C=O) groups is 2. The number of piperidine rings is 1. The standard InChI is InChI=1S/C36H50FN5O2/c1-6-9-11-15-29(23-31(27(4)5)22-28(14-7-2)32-25-39-42(8-3)26-32)36(44)40-34-24-30(16-17-33(34)37)35(43)38-18-21-41-19-12-10-13-20-41/h11,15-17,22-26H,6-10,12-14,18-21H2,1-5H3,(H,38,43)(H,40,44)/b15-11+,28-22+,29-23+. The monoisotopic (exact) mass is 603 g/mol. The van der Waals surface area contributed by atoms with E-state index in [1.54, 1.807) is 6.08 Å². The van der Waals surface area contributed by atoms with Crippen LogP contribution in [0.5, 0.6) is 0 Å². The van der Waals surface area contributed by atoms with Crippen molar-refractivity contribution in [1.29, 1.82) is 0 Å². The van der Waals surface area contributed by atoms with Gasteiger partial charge in [0.2, 0.25) is 0 Å². The highest BCUT2D eigenvalue weighted by Crippen LogP contribution is 2.25. The maximum absolute atomic E-state index is 14.9. The van der Waals surface area contributed by atoms with Crippen LogP contribution < -0.4 is 10.6 Å². The van der Waals surface area contributed by atoms with Crippen LogP contribution in [0.25, 0.3) is 5.57 Å². The number of benzene rings is 1. The van der Waals surface area contributed by atoms with Gasteiger partial charge >= 0.3 is 0 Å². The van der Waals surface area contributed by atoms with E-state index in [0.29, 0.717) is 17.7 Å². The third-order valence-electron chi connectivity index (χ3n) is 7.72. The Balaban J connectivity index is 1.84. The molecule has 8 heteroatoms. The van der Waals surface area contributed by atoms with Crippen LogP contribution in [0.3, 0.4) is 0 Å². The SMILES string of the molecule is CCC/C=C/C(=C\C(/C=C(\CCC)c1cnn(CC)c1)=C(C)C)C(=O)Nc1cc(C(=O)NCCN2CCCCC2)ccc1F. The van der Waals surface area contributed by atoms with Gasteiger partial charge in [0.05, 0.1) is 11.9 Å². The molecule has 0 saturated carbocycles. The number of hydrogen-bond donors (Lipinski definition) is 2. The van der Waals surface area contributed by atoms with Crippen LogP contribution in [-0.4, -0.2) is 52.7 Å². The lowest BCUT2D eigenvalue weighted by atomic mass is 9.97. The van der Waals surface area contributed by atoms with Crippen LogP contribution in [-0.2, 0) is 11.3 Å². The number of aryl methyl sites for hydroxylation is 1. The van der Waals surface area contributed by atoms with Crippen molar-refractivity contribution in [2.45, 2.75) is 86.1 Å². The fourth-order valence-corrected chi connectivity index (χ4v) is 5.09. The van der Waals surface area contributed by atoms with E-state index in [0.717, 1.165) is 74.1 Å². The van der Waals surface area contributed by atoms with Crippen LogP contribution in [0.2, 0.25) is 0 Å². The molecule has 0 atom stereocenters. The molecule has 0 radical (unpaired) electrons. The van der Waals surface area contributed by atoms with Crippen molar-refractivity contribution in [3.05, 3.63) is 88.6 Å². The van der Waals surface area contributed by atoms with E-state index in [9.17, 15) is 14.0 Å². The molecule has 2 N–H and O–H groups in total. The molecule has 0 bridgehead atoms. The van der Waals surface area contributed by atoms with Gasteiger partial charge < -0.3 is 15.5 Å². The smallest absolute Gasteiger partial charge is 0.255 e. The van der Waals surface area contributed by atoms with Crippen molar-refractivity contribution in [1.82, 2.24) is 20.0 Å². The predicted octanol–water partition coefficient (Wildman–Crippen LogP) is 7.70. The molecule has 0 unspecified atom stereocenters. The van der Waals surface area contributed by atoms with Crippen molar-refractivity contribution in [2.75, 3.05) is 31.5 Å². The molecule has 0 spiro atoms. The number of amides is 2. The maximum atomic E-state index is 14.9. The first-order chi connectivity index (χ1) is 21.2. The largest absolute Gasteiger partial charge is 0.351 e. The van der Waals surface area contributed by atoms with Gasteiger partial charge in [0.15, 0.2) is 0 Å². The number of nitrogens with one attached hydrogen (secondary N) is 2. The highest BCUT2D eigenvalue weighted by molar-refractivity contribution is 6.07. The van der Waals surface area contributed by atoms with Crippen LogP contribution in [0.15, 0.2) is 71.6 Å². The minimum absolute atomic E-state index is 0.0265. The molecule has 44 heavy (non-hydrogen) atoms. The van der Waals surface area contributed by atoms with Crippen LogP contribution in [0.1, 0.15) is 95.5 Å².